The number of rotatable bonds is 3. The molecule has 9 unspecified atom stereocenters. The van der Waals surface area contributed by atoms with Gasteiger partial charge in [-0.1, -0.05) is 30.4 Å². The van der Waals surface area contributed by atoms with Gasteiger partial charge in [-0.05, 0) is 61.4 Å². The number of para-hydroxylation sites is 1. The number of nitrogens with one attached hydrogen (secondary N) is 1. The second-order valence-electron chi connectivity index (χ2n) is 15.2. The number of benzene rings is 2. The first-order chi connectivity index (χ1) is 23.2. The average Bonchev–Trinajstić information content (AvgIpc) is 3.75. The van der Waals surface area contributed by atoms with Crippen molar-refractivity contribution in [1.82, 2.24) is 14.8 Å². The summed E-state index contributed by atoms with van der Waals surface area (Å²) in [5.41, 5.74) is 3.99. The van der Waals surface area contributed by atoms with E-state index in [1.165, 1.54) is 7.11 Å². The second-order valence-corrected chi connectivity index (χ2v) is 15.2. The third-order valence-corrected chi connectivity index (χ3v) is 13.1. The smallest absolute Gasteiger partial charge is 0.322 e. The van der Waals surface area contributed by atoms with Crippen LogP contribution in [-0.4, -0.2) is 120 Å². The summed E-state index contributed by atoms with van der Waals surface area (Å²) in [6, 6.07) is 12.2. The molecule has 2 saturated heterocycles. The van der Waals surface area contributed by atoms with Crippen LogP contribution >= 0.6 is 0 Å². The van der Waals surface area contributed by atoms with Gasteiger partial charge in [0.15, 0.2) is 0 Å². The molecule has 1 aliphatic carbocycles. The molecular formula is C38H46N4O6. The van der Waals surface area contributed by atoms with Crippen LogP contribution in [0.4, 0.5) is 5.69 Å². The number of ether oxygens (including phenoxy) is 2. The van der Waals surface area contributed by atoms with Gasteiger partial charge in [-0.15, -0.1) is 0 Å². The molecule has 1 aromatic heterocycles. The van der Waals surface area contributed by atoms with E-state index >= 15 is 0 Å². The Kier molecular flexibility index (Phi) is 6.89. The largest absolute Gasteiger partial charge is 0.496 e. The summed E-state index contributed by atoms with van der Waals surface area (Å²) >= 11 is 0. The van der Waals surface area contributed by atoms with Gasteiger partial charge in [0.05, 0.1) is 32.5 Å². The molecule has 1 spiro atoms. The molecule has 9 rings (SSSR count). The first-order valence-electron chi connectivity index (χ1n) is 17.5. The van der Waals surface area contributed by atoms with Crippen LogP contribution in [0.2, 0.25) is 0 Å². The number of nitrogens with zero attached hydrogens (tertiary/aromatic N) is 3. The summed E-state index contributed by atoms with van der Waals surface area (Å²) in [4.78, 5) is 25.6. The monoisotopic (exact) mass is 654 g/mol. The molecule has 10 heteroatoms. The molecule has 48 heavy (non-hydrogen) atoms. The Labute approximate surface area is 280 Å². The van der Waals surface area contributed by atoms with Gasteiger partial charge in [0, 0.05) is 84.5 Å². The van der Waals surface area contributed by atoms with E-state index < -0.39 is 29.1 Å². The van der Waals surface area contributed by atoms with E-state index in [1.54, 1.807) is 7.11 Å². The molecule has 3 aromatic rings. The van der Waals surface area contributed by atoms with Crippen LogP contribution in [0, 0.1) is 11.8 Å². The zero-order valence-electron chi connectivity index (χ0n) is 27.9. The van der Waals surface area contributed by atoms with Gasteiger partial charge in [0.25, 0.3) is 0 Å². The maximum Gasteiger partial charge on any atom is 0.322 e. The molecule has 4 N–H and O–H groups in total. The summed E-state index contributed by atoms with van der Waals surface area (Å²) in [5.74, 6) is 0.0568. The van der Waals surface area contributed by atoms with Crippen LogP contribution in [0.25, 0.3) is 10.9 Å². The topological polar surface area (TPSA) is 122 Å². The lowest BCUT2D eigenvalue weighted by molar-refractivity contribution is -0.147. The Morgan fingerprint density at radius 1 is 1.02 bits per heavy atom. The number of anilines is 1. The number of aliphatic hydroxyl groups excluding tert-OH is 3. The lowest BCUT2D eigenvalue weighted by Gasteiger charge is -2.54. The number of aromatic nitrogens is 1. The molecule has 254 valence electrons. The number of hydrogen-bond acceptors (Lipinski definition) is 9. The molecule has 10 nitrogen and oxygen atoms in total. The van der Waals surface area contributed by atoms with Gasteiger partial charge in [-0.3, -0.25) is 9.69 Å². The van der Waals surface area contributed by atoms with Gasteiger partial charge in [0.1, 0.15) is 17.3 Å². The first-order valence-corrected chi connectivity index (χ1v) is 17.5. The van der Waals surface area contributed by atoms with E-state index in [1.807, 2.05) is 19.2 Å². The number of carbonyl (C=O) groups is 1. The quantitative estimate of drug-likeness (QED) is 0.249. The predicted octanol–water partition coefficient (Wildman–Crippen LogP) is 2.32. The highest BCUT2D eigenvalue weighted by atomic mass is 16.5. The number of carbonyl (C=O) groups excluding carboxylic acids is 1. The minimum Gasteiger partial charge on any atom is -0.496 e. The van der Waals surface area contributed by atoms with Gasteiger partial charge in [-0.25, -0.2) is 0 Å². The van der Waals surface area contributed by atoms with Crippen molar-refractivity contribution in [3.63, 3.8) is 0 Å². The zero-order valence-corrected chi connectivity index (χ0v) is 27.9. The Balaban J connectivity index is 1.34. The van der Waals surface area contributed by atoms with Crippen molar-refractivity contribution in [3.05, 3.63) is 70.9 Å². The van der Waals surface area contributed by atoms with Crippen LogP contribution in [0.3, 0.4) is 0 Å². The molecule has 0 amide bonds. The van der Waals surface area contributed by atoms with Crippen LogP contribution in [0.1, 0.15) is 41.6 Å². The fourth-order valence-corrected chi connectivity index (χ4v) is 11.4. The normalized spacial score (nSPS) is 38.3. The number of esters is 1. The van der Waals surface area contributed by atoms with Crippen LogP contribution in [0.5, 0.6) is 5.75 Å². The third-order valence-electron chi connectivity index (χ3n) is 13.1. The fourth-order valence-electron chi connectivity index (χ4n) is 11.4. The van der Waals surface area contributed by atoms with E-state index in [0.29, 0.717) is 31.6 Å². The summed E-state index contributed by atoms with van der Waals surface area (Å²) in [6.45, 7) is 3.86. The summed E-state index contributed by atoms with van der Waals surface area (Å²) in [6.07, 6.45) is 4.51. The van der Waals surface area contributed by atoms with E-state index in [2.05, 4.69) is 56.1 Å². The van der Waals surface area contributed by atoms with Gasteiger partial charge < -0.3 is 39.6 Å². The van der Waals surface area contributed by atoms with E-state index in [9.17, 15) is 20.1 Å². The molecule has 1 saturated carbocycles. The standard InChI is InChI=1S/C38H46N4O6/c1-40-29-17-30(47-2)27(16-26(29)37-11-14-42-12-6-8-25(34(37)42)31(44)32(45)35(37)40)38(36(46)48-3)18-21-15-22(43)20-41(19-21)13-10-24-23-7-4-5-9-28(23)39-33(24)38/h4-9,16-17,21-22,25,31-32,34-35,39,43-45H,10-15,18-20H2,1-3H3/t21?,22?,25?,31?,32?,34?,35?,37?,38-/m0/s1. The van der Waals surface area contributed by atoms with Crippen molar-refractivity contribution in [2.45, 2.75) is 66.9 Å². The molecule has 0 radical (unpaired) electrons. The Hall–Kier alpha value is -3.41. The fraction of sp³-hybridized carbons (Fsp3) is 0.553. The van der Waals surface area contributed by atoms with Crippen LogP contribution in [0.15, 0.2) is 48.6 Å². The van der Waals surface area contributed by atoms with Gasteiger partial charge >= 0.3 is 5.97 Å². The Morgan fingerprint density at radius 3 is 2.67 bits per heavy atom. The molecule has 2 bridgehead atoms. The number of piperidine rings is 1. The molecular weight excluding hydrogens is 608 g/mol. The number of fused-ring (bicyclic) bond motifs is 6. The van der Waals surface area contributed by atoms with E-state index in [0.717, 1.165) is 71.6 Å². The molecule has 5 aliphatic heterocycles. The molecule has 6 heterocycles. The average molecular weight is 655 g/mol. The number of aliphatic hydroxyl groups is 3. The van der Waals surface area contributed by atoms with Crippen LogP contribution < -0.4 is 9.64 Å². The lowest BCUT2D eigenvalue weighted by atomic mass is 9.58. The summed E-state index contributed by atoms with van der Waals surface area (Å²) in [7, 11) is 5.14. The minimum absolute atomic E-state index is 0.0103. The number of H-pyrrole nitrogens is 1. The number of methoxy groups -OCH3 is 2. The highest BCUT2D eigenvalue weighted by Gasteiger charge is 2.68. The highest BCUT2D eigenvalue weighted by molar-refractivity contribution is 5.94. The highest BCUT2D eigenvalue weighted by Crippen LogP contribution is 2.62. The maximum absolute atomic E-state index is 14.9. The number of aromatic amines is 1. The van der Waals surface area contributed by atoms with E-state index in [4.69, 9.17) is 9.47 Å². The van der Waals surface area contributed by atoms with Crippen molar-refractivity contribution in [3.8, 4) is 5.75 Å². The molecule has 2 aromatic carbocycles. The lowest BCUT2D eigenvalue weighted by Crippen LogP contribution is -2.69. The van der Waals surface area contributed by atoms with Crippen molar-refractivity contribution in [2.24, 2.45) is 11.8 Å². The Bertz CT molecular complexity index is 1820. The molecule has 3 fully saturated rings. The summed E-state index contributed by atoms with van der Waals surface area (Å²) < 4.78 is 12.1. The maximum atomic E-state index is 14.9. The third kappa shape index (κ3) is 3.89. The minimum atomic E-state index is -1.26. The number of hydrogen-bond donors (Lipinski definition) is 4. The SMILES string of the molecule is COC(=O)[C@]1(c2cc3c(cc2OC)N(C)C2C(O)C(O)C4C=CCN5CCC32C45)CC2CC(O)CN(CCc3c1[nH]c1ccccc31)C2. The first kappa shape index (κ1) is 30.6. The van der Waals surface area contributed by atoms with Crippen molar-refractivity contribution in [2.75, 3.05) is 58.9 Å². The van der Waals surface area contributed by atoms with Crippen LogP contribution in [-0.2, 0) is 26.8 Å². The van der Waals surface area contributed by atoms with Crippen molar-refractivity contribution >= 4 is 22.6 Å². The number of likely N-dealkylation sites (N-methyl/N-ethyl adjacent to an activating group) is 1. The van der Waals surface area contributed by atoms with Gasteiger partial charge in [-0.2, -0.15) is 0 Å². The molecule has 6 aliphatic rings. The van der Waals surface area contributed by atoms with Gasteiger partial charge in [0.2, 0.25) is 0 Å². The Morgan fingerprint density at radius 2 is 1.85 bits per heavy atom. The summed E-state index contributed by atoms with van der Waals surface area (Å²) in [5, 5.41) is 35.4. The zero-order chi connectivity index (χ0) is 33.1. The molecule has 10 atom stereocenters. The predicted molar refractivity (Wildman–Crippen MR) is 181 cm³/mol. The van der Waals surface area contributed by atoms with E-state index in [-0.39, 0.29) is 29.9 Å². The van der Waals surface area contributed by atoms with Crippen molar-refractivity contribution < 1.29 is 29.6 Å². The second kappa shape index (κ2) is 10.8. The van der Waals surface area contributed by atoms with Crippen molar-refractivity contribution in [1.29, 1.82) is 0 Å².